The lowest BCUT2D eigenvalue weighted by molar-refractivity contribution is -0.198. The number of nitrogens with one attached hydrogen (secondary N) is 3. The van der Waals surface area contributed by atoms with Crippen LogP contribution in [0.4, 0.5) is 24.9 Å². The van der Waals surface area contributed by atoms with Crippen molar-refractivity contribution in [2.24, 2.45) is 0 Å². The van der Waals surface area contributed by atoms with Crippen LogP contribution in [0.25, 0.3) is 11.0 Å². The molecule has 19 heavy (non-hydrogen) atoms. The SMILES string of the molecule is CNc1nc(NCC(O)C(F)(F)F)c2cn[nH]c2n1. The van der Waals surface area contributed by atoms with Crippen LogP contribution in [0.1, 0.15) is 0 Å². The fourth-order valence-corrected chi connectivity index (χ4v) is 1.39. The lowest BCUT2D eigenvalue weighted by atomic mass is 10.3. The molecule has 0 aliphatic carbocycles. The molecule has 104 valence electrons. The second kappa shape index (κ2) is 4.88. The number of rotatable bonds is 4. The Labute approximate surface area is 105 Å². The highest BCUT2D eigenvalue weighted by molar-refractivity contribution is 5.86. The topological polar surface area (TPSA) is 98.8 Å². The number of H-pyrrole nitrogens is 1. The maximum absolute atomic E-state index is 12.2. The average molecular weight is 276 g/mol. The number of fused-ring (bicyclic) bond motifs is 1. The van der Waals surface area contributed by atoms with Gasteiger partial charge in [-0.05, 0) is 0 Å². The molecule has 0 amide bonds. The van der Waals surface area contributed by atoms with E-state index in [0.717, 1.165) is 0 Å². The summed E-state index contributed by atoms with van der Waals surface area (Å²) in [7, 11) is 1.58. The number of hydrogen-bond donors (Lipinski definition) is 4. The molecule has 4 N–H and O–H groups in total. The van der Waals surface area contributed by atoms with Gasteiger partial charge in [-0.1, -0.05) is 0 Å². The molecule has 0 saturated carbocycles. The number of alkyl halides is 3. The number of aromatic nitrogens is 4. The molecule has 10 heteroatoms. The zero-order chi connectivity index (χ0) is 14.0. The van der Waals surface area contributed by atoms with Crippen molar-refractivity contribution in [3.63, 3.8) is 0 Å². The Morgan fingerprint density at radius 1 is 1.42 bits per heavy atom. The molecule has 7 nitrogen and oxygen atoms in total. The van der Waals surface area contributed by atoms with Gasteiger partial charge in [0.05, 0.1) is 18.1 Å². The molecular formula is C9H11F3N6O. The quantitative estimate of drug-likeness (QED) is 0.657. The maximum atomic E-state index is 12.2. The second-order valence-corrected chi connectivity index (χ2v) is 3.72. The molecule has 0 aliphatic heterocycles. The predicted octanol–water partition coefficient (Wildman–Crippen LogP) is 0.730. The summed E-state index contributed by atoms with van der Waals surface area (Å²) in [5.41, 5.74) is 0.378. The summed E-state index contributed by atoms with van der Waals surface area (Å²) in [4.78, 5) is 8.00. The minimum atomic E-state index is -4.68. The van der Waals surface area contributed by atoms with Crippen LogP contribution in [0.2, 0.25) is 0 Å². The molecule has 0 spiro atoms. The van der Waals surface area contributed by atoms with Crippen LogP contribution in [0.3, 0.4) is 0 Å². The van der Waals surface area contributed by atoms with Crippen LogP contribution in [0.15, 0.2) is 6.20 Å². The highest BCUT2D eigenvalue weighted by Gasteiger charge is 2.38. The standard InChI is InChI=1S/C9H11F3N6O/c1-13-8-16-6(4-2-15-18-7(4)17-8)14-3-5(19)9(10,11)12/h2,5,19H,3H2,1H3,(H3,13,14,15,16,17,18). The van der Waals surface area contributed by atoms with Crippen molar-refractivity contribution < 1.29 is 18.3 Å². The third kappa shape index (κ3) is 2.84. The molecule has 0 fully saturated rings. The molecule has 0 aromatic carbocycles. The van der Waals surface area contributed by atoms with Crippen molar-refractivity contribution in [1.29, 1.82) is 0 Å². The van der Waals surface area contributed by atoms with Crippen molar-refractivity contribution in [2.75, 3.05) is 24.2 Å². The molecule has 1 atom stereocenters. The Bertz CT molecular complexity index is 569. The van der Waals surface area contributed by atoms with Gasteiger partial charge in [-0.2, -0.15) is 28.2 Å². The normalized spacial score (nSPS) is 13.5. The lowest BCUT2D eigenvalue weighted by Crippen LogP contribution is -2.35. The number of hydrogen-bond acceptors (Lipinski definition) is 6. The summed E-state index contributed by atoms with van der Waals surface area (Å²) in [6, 6.07) is 0. The van der Waals surface area contributed by atoms with E-state index >= 15 is 0 Å². The molecule has 0 radical (unpaired) electrons. The first kappa shape index (κ1) is 13.3. The van der Waals surface area contributed by atoms with E-state index in [9.17, 15) is 13.2 Å². The molecular weight excluding hydrogens is 265 g/mol. The molecule has 2 aromatic rings. The van der Waals surface area contributed by atoms with Crippen molar-refractivity contribution in [3.05, 3.63) is 6.20 Å². The average Bonchev–Trinajstić information content (AvgIpc) is 2.82. The van der Waals surface area contributed by atoms with Crippen LogP contribution < -0.4 is 10.6 Å². The van der Waals surface area contributed by atoms with Gasteiger partial charge >= 0.3 is 6.18 Å². The highest BCUT2D eigenvalue weighted by atomic mass is 19.4. The van der Waals surface area contributed by atoms with E-state index in [4.69, 9.17) is 5.11 Å². The number of nitrogens with zero attached hydrogens (tertiary/aromatic N) is 3. The molecule has 2 rings (SSSR count). The van der Waals surface area contributed by atoms with E-state index < -0.39 is 18.8 Å². The Balaban J connectivity index is 2.22. The summed E-state index contributed by atoms with van der Waals surface area (Å²) < 4.78 is 36.6. The van der Waals surface area contributed by atoms with E-state index in [0.29, 0.717) is 11.0 Å². The second-order valence-electron chi connectivity index (χ2n) is 3.72. The van der Waals surface area contributed by atoms with E-state index in [-0.39, 0.29) is 11.8 Å². The first-order valence-electron chi connectivity index (χ1n) is 5.29. The van der Waals surface area contributed by atoms with Gasteiger partial charge in [-0.15, -0.1) is 0 Å². The summed E-state index contributed by atoms with van der Waals surface area (Å²) in [5, 5.41) is 20.8. The van der Waals surface area contributed by atoms with Gasteiger partial charge in [0.15, 0.2) is 11.8 Å². The minimum absolute atomic E-state index is 0.159. The monoisotopic (exact) mass is 276 g/mol. The van der Waals surface area contributed by atoms with Gasteiger partial charge in [0.25, 0.3) is 0 Å². The molecule has 0 aliphatic rings. The Kier molecular flexibility index (Phi) is 3.42. The smallest absolute Gasteiger partial charge is 0.382 e. The van der Waals surface area contributed by atoms with Gasteiger partial charge < -0.3 is 15.7 Å². The summed E-state index contributed by atoms with van der Waals surface area (Å²) in [6.07, 6.45) is -5.76. The third-order valence-corrected chi connectivity index (χ3v) is 2.37. The van der Waals surface area contributed by atoms with Crippen LogP contribution in [-0.4, -0.2) is 51.1 Å². The third-order valence-electron chi connectivity index (χ3n) is 2.37. The van der Waals surface area contributed by atoms with Crippen molar-refractivity contribution in [1.82, 2.24) is 20.2 Å². The lowest BCUT2D eigenvalue weighted by Gasteiger charge is -2.15. The zero-order valence-corrected chi connectivity index (χ0v) is 9.78. The van der Waals surface area contributed by atoms with Crippen LogP contribution in [-0.2, 0) is 0 Å². The zero-order valence-electron chi connectivity index (χ0n) is 9.78. The number of aliphatic hydroxyl groups excluding tert-OH is 1. The molecule has 1 unspecified atom stereocenters. The van der Waals surface area contributed by atoms with E-state index in [2.05, 4.69) is 30.8 Å². The van der Waals surface area contributed by atoms with Crippen molar-refractivity contribution in [3.8, 4) is 0 Å². The van der Waals surface area contributed by atoms with Gasteiger partial charge in [-0.25, -0.2) is 0 Å². The van der Waals surface area contributed by atoms with Gasteiger partial charge in [0.1, 0.15) is 5.82 Å². The van der Waals surface area contributed by atoms with Crippen molar-refractivity contribution >= 4 is 22.8 Å². The summed E-state index contributed by atoms with van der Waals surface area (Å²) in [5.74, 6) is 0.382. The fourth-order valence-electron chi connectivity index (χ4n) is 1.39. The van der Waals surface area contributed by atoms with E-state index in [1.807, 2.05) is 0 Å². The van der Waals surface area contributed by atoms with Crippen LogP contribution in [0, 0.1) is 0 Å². The maximum Gasteiger partial charge on any atom is 0.416 e. The largest absolute Gasteiger partial charge is 0.416 e. The summed E-state index contributed by atoms with van der Waals surface area (Å²) in [6.45, 7) is -0.704. The Morgan fingerprint density at radius 3 is 2.79 bits per heavy atom. The Hall–Kier alpha value is -2.10. The predicted molar refractivity (Wildman–Crippen MR) is 61.8 cm³/mol. The highest BCUT2D eigenvalue weighted by Crippen LogP contribution is 2.23. The van der Waals surface area contributed by atoms with E-state index in [1.165, 1.54) is 6.20 Å². The molecule has 0 bridgehead atoms. The number of halogens is 3. The van der Waals surface area contributed by atoms with Gasteiger partial charge in [0, 0.05) is 7.05 Å². The number of anilines is 2. The number of aromatic amines is 1. The fraction of sp³-hybridized carbons (Fsp3) is 0.444. The Morgan fingerprint density at radius 2 is 2.16 bits per heavy atom. The van der Waals surface area contributed by atoms with Gasteiger partial charge in [-0.3, -0.25) is 5.10 Å². The van der Waals surface area contributed by atoms with Crippen LogP contribution in [0.5, 0.6) is 0 Å². The van der Waals surface area contributed by atoms with Crippen molar-refractivity contribution in [2.45, 2.75) is 12.3 Å². The first-order valence-corrected chi connectivity index (χ1v) is 5.29. The van der Waals surface area contributed by atoms with Gasteiger partial charge in [0.2, 0.25) is 5.95 Å². The molecule has 2 aromatic heterocycles. The van der Waals surface area contributed by atoms with Crippen LogP contribution >= 0.6 is 0 Å². The summed E-state index contributed by atoms with van der Waals surface area (Å²) >= 11 is 0. The molecule has 2 heterocycles. The molecule has 0 saturated heterocycles. The first-order chi connectivity index (χ1) is 8.91. The number of aliphatic hydroxyl groups is 1. The minimum Gasteiger partial charge on any atom is -0.382 e. The van der Waals surface area contributed by atoms with E-state index in [1.54, 1.807) is 7.05 Å².